The van der Waals surface area contributed by atoms with Crippen LogP contribution < -0.4 is 11.2 Å². The van der Waals surface area contributed by atoms with Crippen LogP contribution in [-0.4, -0.2) is 9.55 Å². The van der Waals surface area contributed by atoms with E-state index in [1.165, 1.54) is 16.3 Å². The molecule has 0 fully saturated rings. The topological polar surface area (TPSA) is 64.1 Å². The summed E-state index contributed by atoms with van der Waals surface area (Å²) in [6.45, 7) is 2.17. The molecule has 0 unspecified atom stereocenters. The number of ether oxygens (including phenoxy) is 1. The highest BCUT2D eigenvalue weighted by molar-refractivity contribution is 7.99. The van der Waals surface area contributed by atoms with Crippen LogP contribution in [0.3, 0.4) is 0 Å². The minimum Gasteiger partial charge on any atom is -0.356 e. The molecule has 0 aliphatic heterocycles. The summed E-state index contributed by atoms with van der Waals surface area (Å²) in [4.78, 5) is 27.5. The quantitative estimate of drug-likeness (QED) is 0.691. The second-order valence-electron chi connectivity index (χ2n) is 5.50. The van der Waals surface area contributed by atoms with Crippen LogP contribution in [0.15, 0.2) is 80.2 Å². The van der Waals surface area contributed by atoms with Crippen LogP contribution in [0.25, 0.3) is 0 Å². The summed E-state index contributed by atoms with van der Waals surface area (Å²) in [6, 6.07) is 19.4. The molecule has 0 bridgehead atoms. The van der Waals surface area contributed by atoms with Crippen LogP contribution in [0.2, 0.25) is 0 Å². The Morgan fingerprint density at radius 1 is 1.00 bits per heavy atom. The zero-order valence-electron chi connectivity index (χ0n) is 13.8. The van der Waals surface area contributed by atoms with Crippen molar-refractivity contribution in [1.29, 1.82) is 0 Å². The summed E-state index contributed by atoms with van der Waals surface area (Å²) in [6.07, 6.45) is 0. The lowest BCUT2D eigenvalue weighted by atomic mass is 10.2. The molecule has 0 spiro atoms. The molecular formula is C19H18N2O3S. The molecule has 6 heteroatoms. The Balaban J connectivity index is 1.85. The lowest BCUT2D eigenvalue weighted by Crippen LogP contribution is -2.33. The Bertz CT molecular complexity index is 950. The SMILES string of the molecule is Cc1c(Sc2ccccc2)n(COCc2ccccc2)c(=O)[nH]c1=O. The molecule has 0 saturated heterocycles. The van der Waals surface area contributed by atoms with Gasteiger partial charge >= 0.3 is 5.69 Å². The third-order valence-corrected chi connectivity index (χ3v) is 4.89. The third kappa shape index (κ3) is 4.29. The number of H-pyrrole nitrogens is 1. The van der Waals surface area contributed by atoms with E-state index in [1.807, 2.05) is 60.7 Å². The molecular weight excluding hydrogens is 336 g/mol. The van der Waals surface area contributed by atoms with Gasteiger partial charge in [0, 0.05) is 10.5 Å². The first kappa shape index (κ1) is 17.3. The predicted octanol–water partition coefficient (Wildman–Crippen LogP) is 3.17. The molecule has 0 radical (unpaired) electrons. The largest absolute Gasteiger partial charge is 0.356 e. The van der Waals surface area contributed by atoms with Crippen molar-refractivity contribution in [1.82, 2.24) is 9.55 Å². The highest BCUT2D eigenvalue weighted by Crippen LogP contribution is 2.27. The first-order valence-corrected chi connectivity index (χ1v) is 8.65. The standard InChI is InChI=1S/C19H18N2O3S/c1-14-17(22)20-19(23)21(13-24-12-15-8-4-2-5-9-15)18(14)25-16-10-6-3-7-11-16/h2-11H,12-13H2,1H3,(H,20,22,23). The van der Waals surface area contributed by atoms with E-state index in [-0.39, 0.29) is 12.3 Å². The van der Waals surface area contributed by atoms with E-state index in [1.54, 1.807) is 6.92 Å². The van der Waals surface area contributed by atoms with Crippen LogP contribution in [0.1, 0.15) is 11.1 Å². The normalized spacial score (nSPS) is 10.8. The molecule has 128 valence electrons. The van der Waals surface area contributed by atoms with Crippen molar-refractivity contribution >= 4 is 11.8 Å². The Hall–Kier alpha value is -2.57. The minimum atomic E-state index is -0.470. The average Bonchev–Trinajstić information content (AvgIpc) is 2.63. The van der Waals surface area contributed by atoms with Crippen molar-refractivity contribution in [3.63, 3.8) is 0 Å². The van der Waals surface area contributed by atoms with Crippen molar-refractivity contribution in [2.24, 2.45) is 0 Å². The van der Waals surface area contributed by atoms with Gasteiger partial charge in [-0.3, -0.25) is 14.3 Å². The van der Waals surface area contributed by atoms with Crippen LogP contribution in [0.4, 0.5) is 0 Å². The van der Waals surface area contributed by atoms with E-state index < -0.39 is 5.69 Å². The van der Waals surface area contributed by atoms with Gasteiger partial charge in [-0.25, -0.2) is 4.79 Å². The molecule has 3 rings (SSSR count). The van der Waals surface area contributed by atoms with Gasteiger partial charge in [0.1, 0.15) is 6.73 Å². The first-order chi connectivity index (χ1) is 12.1. The molecule has 0 aliphatic carbocycles. The molecule has 1 N–H and O–H groups in total. The molecule has 3 aromatic rings. The van der Waals surface area contributed by atoms with Crippen molar-refractivity contribution in [3.8, 4) is 0 Å². The number of aromatic nitrogens is 2. The lowest BCUT2D eigenvalue weighted by molar-refractivity contribution is 0.0551. The van der Waals surface area contributed by atoms with Crippen molar-refractivity contribution < 1.29 is 4.74 Å². The second kappa shape index (κ2) is 8.00. The fourth-order valence-corrected chi connectivity index (χ4v) is 3.34. The molecule has 0 aliphatic rings. The van der Waals surface area contributed by atoms with Gasteiger partial charge in [0.05, 0.1) is 11.6 Å². The van der Waals surface area contributed by atoms with Gasteiger partial charge in [-0.1, -0.05) is 60.3 Å². The van der Waals surface area contributed by atoms with Gasteiger partial charge in [0.2, 0.25) is 0 Å². The third-order valence-electron chi connectivity index (χ3n) is 3.66. The smallest absolute Gasteiger partial charge is 0.331 e. The summed E-state index contributed by atoms with van der Waals surface area (Å²) in [5.41, 5.74) is 0.676. The second-order valence-corrected chi connectivity index (χ2v) is 6.56. The minimum absolute atomic E-state index is 0.0700. The predicted molar refractivity (Wildman–Crippen MR) is 97.9 cm³/mol. The number of benzene rings is 2. The zero-order chi connectivity index (χ0) is 17.6. The summed E-state index contributed by atoms with van der Waals surface area (Å²) in [5.74, 6) is 0. The van der Waals surface area contributed by atoms with Crippen molar-refractivity contribution in [3.05, 3.63) is 92.6 Å². The zero-order valence-corrected chi connectivity index (χ0v) is 14.6. The molecule has 2 aromatic carbocycles. The van der Waals surface area contributed by atoms with Crippen LogP contribution in [0.5, 0.6) is 0 Å². The average molecular weight is 354 g/mol. The van der Waals surface area contributed by atoms with Crippen molar-refractivity contribution in [2.45, 2.75) is 30.2 Å². The summed E-state index contributed by atoms with van der Waals surface area (Å²) in [5, 5.41) is 0.591. The Morgan fingerprint density at radius 2 is 1.64 bits per heavy atom. The van der Waals surface area contributed by atoms with Gasteiger partial charge < -0.3 is 4.74 Å². The van der Waals surface area contributed by atoms with Crippen LogP contribution in [-0.2, 0) is 18.1 Å². The number of hydrogen-bond acceptors (Lipinski definition) is 4. The molecule has 0 saturated carbocycles. The highest BCUT2D eigenvalue weighted by atomic mass is 32.2. The van der Waals surface area contributed by atoms with Crippen LogP contribution in [0, 0.1) is 6.92 Å². The molecule has 0 amide bonds. The van der Waals surface area contributed by atoms with Gasteiger partial charge in [-0.2, -0.15) is 0 Å². The van der Waals surface area contributed by atoms with E-state index in [4.69, 9.17) is 4.74 Å². The van der Waals surface area contributed by atoms with Gasteiger partial charge in [-0.15, -0.1) is 0 Å². The Labute approximate surface area is 149 Å². The van der Waals surface area contributed by atoms with E-state index in [0.29, 0.717) is 17.2 Å². The van der Waals surface area contributed by atoms with Crippen LogP contribution >= 0.6 is 11.8 Å². The monoisotopic (exact) mass is 354 g/mol. The molecule has 5 nitrogen and oxygen atoms in total. The molecule has 1 aromatic heterocycles. The highest BCUT2D eigenvalue weighted by Gasteiger charge is 2.13. The number of rotatable bonds is 6. The number of nitrogens with one attached hydrogen (secondary N) is 1. The summed E-state index contributed by atoms with van der Waals surface area (Å²) in [7, 11) is 0. The van der Waals surface area contributed by atoms with E-state index in [2.05, 4.69) is 4.98 Å². The molecule has 0 atom stereocenters. The van der Waals surface area contributed by atoms with Gasteiger partial charge in [0.15, 0.2) is 0 Å². The van der Waals surface area contributed by atoms with Gasteiger partial charge in [-0.05, 0) is 24.6 Å². The summed E-state index contributed by atoms with van der Waals surface area (Å²) >= 11 is 1.38. The molecule has 1 heterocycles. The number of hydrogen-bond donors (Lipinski definition) is 1. The van der Waals surface area contributed by atoms with Gasteiger partial charge in [0.25, 0.3) is 5.56 Å². The first-order valence-electron chi connectivity index (χ1n) is 7.83. The maximum Gasteiger partial charge on any atom is 0.331 e. The fourth-order valence-electron chi connectivity index (χ4n) is 2.33. The summed E-state index contributed by atoms with van der Waals surface area (Å²) < 4.78 is 7.14. The Morgan fingerprint density at radius 3 is 2.32 bits per heavy atom. The molecule has 25 heavy (non-hydrogen) atoms. The van der Waals surface area contributed by atoms with E-state index in [9.17, 15) is 9.59 Å². The number of nitrogens with zero attached hydrogens (tertiary/aromatic N) is 1. The maximum absolute atomic E-state index is 12.3. The van der Waals surface area contributed by atoms with E-state index in [0.717, 1.165) is 10.5 Å². The Kier molecular flexibility index (Phi) is 5.53. The number of aromatic amines is 1. The lowest BCUT2D eigenvalue weighted by Gasteiger charge is -2.14. The fraction of sp³-hybridized carbons (Fsp3) is 0.158. The maximum atomic E-state index is 12.3. The van der Waals surface area contributed by atoms with E-state index >= 15 is 0 Å². The van der Waals surface area contributed by atoms with Crippen molar-refractivity contribution in [2.75, 3.05) is 0 Å².